The summed E-state index contributed by atoms with van der Waals surface area (Å²) in [7, 11) is 0. The van der Waals surface area contributed by atoms with Crippen LogP contribution in [0.3, 0.4) is 0 Å². The maximum absolute atomic E-state index is 9.14. The lowest BCUT2D eigenvalue weighted by Crippen LogP contribution is -2.37. The first-order valence-electron chi connectivity index (χ1n) is 6.59. The number of benzene rings is 2. The van der Waals surface area contributed by atoms with Gasteiger partial charge >= 0.3 is 0 Å². The summed E-state index contributed by atoms with van der Waals surface area (Å²) in [5.74, 6) is 1.07. The Kier molecular flexibility index (Phi) is 3.54. The van der Waals surface area contributed by atoms with Crippen molar-refractivity contribution < 1.29 is 4.74 Å². The van der Waals surface area contributed by atoms with Crippen molar-refractivity contribution in [2.45, 2.75) is 6.17 Å². The molecular formula is C16H14N4O. The molecule has 2 atom stereocenters. The summed E-state index contributed by atoms with van der Waals surface area (Å²) >= 11 is 0. The molecule has 1 aliphatic heterocycles. The van der Waals surface area contributed by atoms with Crippen molar-refractivity contribution in [3.05, 3.63) is 60.2 Å². The van der Waals surface area contributed by atoms with Gasteiger partial charge in [-0.15, -0.1) is 0 Å². The molecule has 0 spiro atoms. The van der Waals surface area contributed by atoms with Crippen LogP contribution in [-0.2, 0) is 0 Å². The predicted octanol–water partition coefficient (Wildman–Crippen LogP) is 2.21. The molecule has 21 heavy (non-hydrogen) atoms. The van der Waals surface area contributed by atoms with E-state index in [9.17, 15) is 0 Å². The third-order valence-electron chi connectivity index (χ3n) is 3.26. The van der Waals surface area contributed by atoms with Gasteiger partial charge in [-0.2, -0.15) is 10.4 Å². The molecule has 0 fully saturated rings. The van der Waals surface area contributed by atoms with Gasteiger partial charge in [-0.25, -0.2) is 0 Å². The SMILES string of the molecule is N#CC1C(c2ccc(Oc3ccccc3)cc2)=NNC1N. The summed E-state index contributed by atoms with van der Waals surface area (Å²) in [5.41, 5.74) is 10.0. The maximum atomic E-state index is 9.14. The van der Waals surface area contributed by atoms with Crippen molar-refractivity contribution >= 4 is 5.71 Å². The zero-order chi connectivity index (χ0) is 14.7. The standard InChI is InChI=1S/C16H14N4O/c17-10-14-15(19-20-16(14)18)11-6-8-13(9-7-11)21-12-4-2-1-3-5-12/h1-9,14,16,20H,18H2. The van der Waals surface area contributed by atoms with E-state index in [1.165, 1.54) is 0 Å². The second kappa shape index (κ2) is 5.65. The molecule has 0 aromatic heterocycles. The maximum Gasteiger partial charge on any atom is 0.127 e. The van der Waals surface area contributed by atoms with E-state index < -0.39 is 12.1 Å². The second-order valence-corrected chi connectivity index (χ2v) is 4.70. The Labute approximate surface area is 122 Å². The summed E-state index contributed by atoms with van der Waals surface area (Å²) in [6, 6.07) is 19.2. The third-order valence-corrected chi connectivity index (χ3v) is 3.26. The third kappa shape index (κ3) is 2.71. The lowest BCUT2D eigenvalue weighted by atomic mass is 9.97. The van der Waals surface area contributed by atoms with Gasteiger partial charge in [0.1, 0.15) is 23.6 Å². The zero-order valence-corrected chi connectivity index (χ0v) is 11.2. The number of nitriles is 1. The van der Waals surface area contributed by atoms with Crippen LogP contribution in [0, 0.1) is 17.2 Å². The zero-order valence-electron chi connectivity index (χ0n) is 11.2. The lowest BCUT2D eigenvalue weighted by Gasteiger charge is -2.09. The number of ether oxygens (including phenoxy) is 1. The number of hydrazone groups is 1. The van der Waals surface area contributed by atoms with Crippen molar-refractivity contribution in [3.63, 3.8) is 0 Å². The first-order valence-corrected chi connectivity index (χ1v) is 6.59. The van der Waals surface area contributed by atoms with Crippen LogP contribution < -0.4 is 15.9 Å². The van der Waals surface area contributed by atoms with Gasteiger partial charge in [0.15, 0.2) is 0 Å². The van der Waals surface area contributed by atoms with Gasteiger partial charge in [0.05, 0.1) is 11.8 Å². The fourth-order valence-electron chi connectivity index (χ4n) is 2.16. The van der Waals surface area contributed by atoms with Gasteiger partial charge in [0.2, 0.25) is 0 Å². The van der Waals surface area contributed by atoms with Crippen LogP contribution in [0.1, 0.15) is 5.56 Å². The average molecular weight is 278 g/mol. The van der Waals surface area contributed by atoms with Crippen LogP contribution in [0.15, 0.2) is 59.7 Å². The Morgan fingerprint density at radius 1 is 1.05 bits per heavy atom. The summed E-state index contributed by atoms with van der Waals surface area (Å²) in [5, 5.41) is 13.3. The van der Waals surface area contributed by atoms with E-state index in [0.717, 1.165) is 17.1 Å². The second-order valence-electron chi connectivity index (χ2n) is 4.70. The van der Waals surface area contributed by atoms with Gasteiger partial charge in [-0.3, -0.25) is 5.43 Å². The molecule has 2 aromatic rings. The molecule has 0 amide bonds. The highest BCUT2D eigenvalue weighted by atomic mass is 16.5. The number of hydrogen-bond acceptors (Lipinski definition) is 5. The molecule has 0 aliphatic carbocycles. The van der Waals surface area contributed by atoms with Crippen LogP contribution in [0.2, 0.25) is 0 Å². The Hall–Kier alpha value is -2.84. The molecule has 2 unspecified atom stereocenters. The normalized spacial score (nSPS) is 20.3. The summed E-state index contributed by atoms with van der Waals surface area (Å²) in [6.07, 6.45) is -0.453. The van der Waals surface area contributed by atoms with Crippen LogP contribution >= 0.6 is 0 Å². The quantitative estimate of drug-likeness (QED) is 0.901. The molecule has 5 heteroatoms. The molecule has 3 N–H and O–H groups in total. The van der Waals surface area contributed by atoms with E-state index >= 15 is 0 Å². The molecule has 1 aliphatic rings. The molecule has 104 valence electrons. The molecular weight excluding hydrogens is 264 g/mol. The fourth-order valence-corrected chi connectivity index (χ4v) is 2.16. The predicted molar refractivity (Wildman–Crippen MR) is 79.7 cm³/mol. The molecule has 2 aromatic carbocycles. The van der Waals surface area contributed by atoms with Crippen molar-refractivity contribution in [2.24, 2.45) is 16.8 Å². The van der Waals surface area contributed by atoms with Crippen molar-refractivity contribution in [1.29, 1.82) is 5.26 Å². The molecule has 5 nitrogen and oxygen atoms in total. The van der Waals surface area contributed by atoms with E-state index in [4.69, 9.17) is 15.7 Å². The fraction of sp³-hybridized carbons (Fsp3) is 0.125. The highest BCUT2D eigenvalue weighted by molar-refractivity contribution is 6.04. The number of rotatable bonds is 3. The smallest absolute Gasteiger partial charge is 0.127 e. The molecule has 0 saturated heterocycles. The van der Waals surface area contributed by atoms with Gasteiger partial charge < -0.3 is 10.5 Å². The number of nitrogens with two attached hydrogens (primary N) is 1. The van der Waals surface area contributed by atoms with Crippen LogP contribution in [-0.4, -0.2) is 11.9 Å². The van der Waals surface area contributed by atoms with Crippen molar-refractivity contribution in [1.82, 2.24) is 5.43 Å². The molecule has 1 heterocycles. The van der Waals surface area contributed by atoms with Gasteiger partial charge in [0, 0.05) is 0 Å². The van der Waals surface area contributed by atoms with Gasteiger partial charge in [-0.05, 0) is 42.0 Å². The van der Waals surface area contributed by atoms with Crippen LogP contribution in [0.25, 0.3) is 0 Å². The first-order chi connectivity index (χ1) is 10.3. The minimum Gasteiger partial charge on any atom is -0.457 e. The van der Waals surface area contributed by atoms with E-state index in [0.29, 0.717) is 5.71 Å². The first kappa shape index (κ1) is 13.2. The van der Waals surface area contributed by atoms with Crippen LogP contribution in [0.4, 0.5) is 0 Å². The molecule has 3 rings (SSSR count). The number of para-hydroxylation sites is 1. The van der Waals surface area contributed by atoms with E-state index in [1.54, 1.807) is 0 Å². The number of hydrogen-bond donors (Lipinski definition) is 2. The molecule has 0 radical (unpaired) electrons. The number of nitrogens with one attached hydrogen (secondary N) is 1. The summed E-state index contributed by atoms with van der Waals surface area (Å²) in [6.45, 7) is 0. The topological polar surface area (TPSA) is 83.4 Å². The Bertz CT molecular complexity index is 688. The van der Waals surface area contributed by atoms with Crippen molar-refractivity contribution in [3.8, 4) is 17.6 Å². The largest absolute Gasteiger partial charge is 0.457 e. The number of nitrogens with zero attached hydrogens (tertiary/aromatic N) is 2. The van der Waals surface area contributed by atoms with E-state index in [-0.39, 0.29) is 0 Å². The summed E-state index contributed by atoms with van der Waals surface area (Å²) < 4.78 is 5.73. The Morgan fingerprint density at radius 2 is 1.71 bits per heavy atom. The van der Waals surface area contributed by atoms with Crippen molar-refractivity contribution in [2.75, 3.05) is 0 Å². The lowest BCUT2D eigenvalue weighted by molar-refractivity contribution is 0.482. The summed E-state index contributed by atoms with van der Waals surface area (Å²) in [4.78, 5) is 0. The monoisotopic (exact) mass is 278 g/mol. The van der Waals surface area contributed by atoms with Crippen LogP contribution in [0.5, 0.6) is 11.5 Å². The Balaban J connectivity index is 1.78. The highest BCUT2D eigenvalue weighted by Gasteiger charge is 2.29. The molecule has 0 saturated carbocycles. The minimum atomic E-state index is -0.453. The Morgan fingerprint density at radius 3 is 2.38 bits per heavy atom. The highest BCUT2D eigenvalue weighted by Crippen LogP contribution is 2.23. The van der Waals surface area contributed by atoms with E-state index in [2.05, 4.69) is 16.6 Å². The van der Waals surface area contributed by atoms with Gasteiger partial charge in [-0.1, -0.05) is 18.2 Å². The molecule has 0 bridgehead atoms. The average Bonchev–Trinajstić information content (AvgIpc) is 2.90. The van der Waals surface area contributed by atoms with E-state index in [1.807, 2.05) is 54.6 Å². The minimum absolute atomic E-state index is 0.439. The van der Waals surface area contributed by atoms with Gasteiger partial charge in [0.25, 0.3) is 0 Å².